The van der Waals surface area contributed by atoms with Gasteiger partial charge in [0.05, 0.1) is 15.9 Å². The molecule has 162 valence electrons. The number of rotatable bonds is 4. The topological polar surface area (TPSA) is 79.4 Å². The smallest absolute Gasteiger partial charge is 0.252 e. The van der Waals surface area contributed by atoms with E-state index in [0.29, 0.717) is 28.9 Å². The molecule has 5 rings (SSSR count). The highest BCUT2D eigenvalue weighted by Crippen LogP contribution is 2.38. The van der Waals surface area contributed by atoms with Crippen molar-refractivity contribution in [1.29, 1.82) is 0 Å². The number of sulfonamides is 1. The fourth-order valence-electron chi connectivity index (χ4n) is 4.15. The van der Waals surface area contributed by atoms with Gasteiger partial charge in [0.15, 0.2) is 5.13 Å². The average Bonchev–Trinajstić information content (AvgIpc) is 3.40. The number of carbonyl (C=O) groups is 1. The summed E-state index contributed by atoms with van der Waals surface area (Å²) in [5, 5.41) is 3.52. The normalized spacial score (nSPS) is 18.9. The van der Waals surface area contributed by atoms with Crippen LogP contribution in [0.4, 0.5) is 5.13 Å². The van der Waals surface area contributed by atoms with E-state index in [9.17, 15) is 13.2 Å². The van der Waals surface area contributed by atoms with Crippen LogP contribution in [0.2, 0.25) is 4.34 Å². The van der Waals surface area contributed by atoms with Crippen LogP contribution in [-0.2, 0) is 27.7 Å². The number of benzene rings is 1. The molecule has 0 radical (unpaired) electrons. The fourth-order valence-corrected chi connectivity index (χ4v) is 8.29. The van der Waals surface area contributed by atoms with Crippen molar-refractivity contribution in [3.63, 3.8) is 0 Å². The van der Waals surface area contributed by atoms with Crippen LogP contribution in [0, 0.1) is 5.92 Å². The van der Waals surface area contributed by atoms with Crippen molar-refractivity contribution < 1.29 is 13.2 Å². The summed E-state index contributed by atoms with van der Waals surface area (Å²) in [5.41, 5.74) is 3.36. The van der Waals surface area contributed by atoms with Crippen molar-refractivity contribution in [1.82, 2.24) is 9.29 Å². The molecule has 1 fully saturated rings. The number of amides is 1. The standard InChI is InChI=1S/C21H20ClN3O3S3/c22-17-9-10-18(30-17)31(27,28)25-11-3-5-14(12-25)20(26)24-21-23-19-15-6-2-1-4-13(15)7-8-16(19)29-21/h1-2,4,6,9-10,14H,3,5,7-8,11-12H2,(H,23,24,26). The number of nitrogens with one attached hydrogen (secondary N) is 1. The molecule has 6 nitrogen and oxygen atoms in total. The first kappa shape index (κ1) is 21.1. The van der Waals surface area contributed by atoms with Crippen molar-refractivity contribution in [2.24, 2.45) is 5.92 Å². The summed E-state index contributed by atoms with van der Waals surface area (Å²) >= 11 is 8.46. The van der Waals surface area contributed by atoms with Gasteiger partial charge in [-0.05, 0) is 43.4 Å². The Kier molecular flexibility index (Phi) is 5.64. The predicted octanol–water partition coefficient (Wildman–Crippen LogP) is 4.66. The lowest BCUT2D eigenvalue weighted by atomic mass is 9.94. The van der Waals surface area contributed by atoms with Gasteiger partial charge in [-0.2, -0.15) is 4.31 Å². The predicted molar refractivity (Wildman–Crippen MR) is 124 cm³/mol. The number of hydrogen-bond acceptors (Lipinski definition) is 6. The molecule has 31 heavy (non-hydrogen) atoms. The van der Waals surface area contributed by atoms with Gasteiger partial charge in [-0.25, -0.2) is 13.4 Å². The molecule has 1 atom stereocenters. The molecule has 1 unspecified atom stereocenters. The van der Waals surface area contributed by atoms with Gasteiger partial charge in [0.2, 0.25) is 5.91 Å². The Morgan fingerprint density at radius 1 is 1.16 bits per heavy atom. The Morgan fingerprint density at radius 2 is 2.00 bits per heavy atom. The number of fused-ring (bicyclic) bond motifs is 3. The summed E-state index contributed by atoms with van der Waals surface area (Å²) in [7, 11) is -3.64. The van der Waals surface area contributed by atoms with E-state index in [1.807, 2.05) is 12.1 Å². The first-order chi connectivity index (χ1) is 14.9. The van der Waals surface area contributed by atoms with Gasteiger partial charge in [0.1, 0.15) is 4.21 Å². The Hall–Kier alpha value is -1.78. The number of halogens is 1. The van der Waals surface area contributed by atoms with Crippen LogP contribution in [0.5, 0.6) is 0 Å². The lowest BCUT2D eigenvalue weighted by Crippen LogP contribution is -2.43. The third-order valence-electron chi connectivity index (χ3n) is 5.72. The van der Waals surface area contributed by atoms with E-state index in [1.165, 1.54) is 32.1 Å². The van der Waals surface area contributed by atoms with Crippen LogP contribution in [0.15, 0.2) is 40.6 Å². The second kappa shape index (κ2) is 8.29. The second-order valence-corrected chi connectivity index (χ2v) is 12.7. The van der Waals surface area contributed by atoms with E-state index in [0.717, 1.165) is 35.4 Å². The monoisotopic (exact) mass is 493 g/mol. The van der Waals surface area contributed by atoms with Crippen molar-refractivity contribution in [2.75, 3.05) is 18.4 Å². The molecule has 3 heterocycles. The molecule has 3 aromatic rings. The van der Waals surface area contributed by atoms with Gasteiger partial charge < -0.3 is 5.32 Å². The molecule has 10 heteroatoms. The van der Waals surface area contributed by atoms with E-state index in [4.69, 9.17) is 11.6 Å². The van der Waals surface area contributed by atoms with Crippen LogP contribution in [0.1, 0.15) is 23.3 Å². The maximum Gasteiger partial charge on any atom is 0.252 e. The lowest BCUT2D eigenvalue weighted by molar-refractivity contribution is -0.120. The van der Waals surface area contributed by atoms with E-state index in [-0.39, 0.29) is 16.7 Å². The molecule has 1 amide bonds. The molecular weight excluding hydrogens is 474 g/mol. The zero-order valence-corrected chi connectivity index (χ0v) is 19.7. The number of anilines is 1. The van der Waals surface area contributed by atoms with Crippen LogP contribution >= 0.6 is 34.3 Å². The van der Waals surface area contributed by atoms with Crippen molar-refractivity contribution in [3.8, 4) is 11.3 Å². The molecule has 2 aromatic heterocycles. The van der Waals surface area contributed by atoms with Crippen molar-refractivity contribution in [3.05, 3.63) is 51.2 Å². The van der Waals surface area contributed by atoms with Gasteiger partial charge in [-0.1, -0.05) is 35.9 Å². The molecule has 2 aliphatic rings. The number of hydrogen-bond donors (Lipinski definition) is 1. The summed E-state index contributed by atoms with van der Waals surface area (Å²) in [6.07, 6.45) is 3.18. The Labute approximate surface area is 193 Å². The average molecular weight is 494 g/mol. The molecule has 0 saturated carbocycles. The minimum Gasteiger partial charge on any atom is -0.302 e. The zero-order valence-electron chi connectivity index (χ0n) is 16.5. The number of aryl methyl sites for hydroxylation is 2. The maximum absolute atomic E-state index is 13.0. The van der Waals surface area contributed by atoms with E-state index in [1.54, 1.807) is 6.07 Å². The molecule has 1 N–H and O–H groups in total. The third kappa shape index (κ3) is 4.05. The Morgan fingerprint density at radius 3 is 2.81 bits per heavy atom. The second-order valence-electron chi connectivity index (χ2n) is 7.70. The number of nitrogens with zero attached hydrogens (tertiary/aromatic N) is 2. The van der Waals surface area contributed by atoms with Crippen LogP contribution < -0.4 is 5.32 Å². The summed E-state index contributed by atoms with van der Waals surface area (Å²) in [6, 6.07) is 11.3. The van der Waals surface area contributed by atoms with Gasteiger partial charge in [0, 0.05) is 23.5 Å². The number of thiophene rings is 1. The molecule has 1 saturated heterocycles. The first-order valence-corrected chi connectivity index (χ1v) is 13.5. The summed E-state index contributed by atoms with van der Waals surface area (Å²) < 4.78 is 27.9. The molecule has 1 aliphatic carbocycles. The Bertz CT molecular complexity index is 1250. The van der Waals surface area contributed by atoms with Crippen molar-refractivity contribution in [2.45, 2.75) is 29.9 Å². The van der Waals surface area contributed by atoms with Crippen LogP contribution in [0.25, 0.3) is 11.3 Å². The van der Waals surface area contributed by atoms with Gasteiger partial charge in [-0.15, -0.1) is 22.7 Å². The SMILES string of the molecule is O=C(Nc1nc2c(s1)CCc1ccccc1-2)C1CCCN(S(=O)(=O)c2ccc(Cl)s2)C1. The van der Waals surface area contributed by atoms with E-state index >= 15 is 0 Å². The fraction of sp³-hybridized carbons (Fsp3) is 0.333. The maximum atomic E-state index is 13.0. The molecule has 1 aliphatic heterocycles. The summed E-state index contributed by atoms with van der Waals surface area (Å²) in [6.45, 7) is 0.571. The van der Waals surface area contributed by atoms with Crippen LogP contribution in [-0.4, -0.2) is 36.7 Å². The minimum absolute atomic E-state index is 0.164. The third-order valence-corrected chi connectivity index (χ3v) is 10.3. The quantitative estimate of drug-likeness (QED) is 0.573. The molecule has 1 aromatic carbocycles. The van der Waals surface area contributed by atoms with Gasteiger partial charge in [0.25, 0.3) is 10.0 Å². The zero-order chi connectivity index (χ0) is 21.6. The highest BCUT2D eigenvalue weighted by molar-refractivity contribution is 7.91. The summed E-state index contributed by atoms with van der Waals surface area (Å²) in [4.78, 5) is 18.8. The number of aromatic nitrogens is 1. The van der Waals surface area contributed by atoms with Crippen LogP contribution in [0.3, 0.4) is 0 Å². The van der Waals surface area contributed by atoms with Crippen molar-refractivity contribution >= 4 is 55.3 Å². The summed E-state index contributed by atoms with van der Waals surface area (Å²) in [5.74, 6) is -0.587. The molecule has 0 bridgehead atoms. The largest absolute Gasteiger partial charge is 0.302 e. The first-order valence-electron chi connectivity index (χ1n) is 10.1. The number of carbonyl (C=O) groups excluding carboxylic acids is 1. The van der Waals surface area contributed by atoms with Gasteiger partial charge >= 0.3 is 0 Å². The number of piperidine rings is 1. The minimum atomic E-state index is -3.64. The lowest BCUT2D eigenvalue weighted by Gasteiger charge is -2.30. The molecular formula is C21H20ClN3O3S3. The highest BCUT2D eigenvalue weighted by Gasteiger charge is 2.34. The number of thiazole rings is 1. The molecule has 0 spiro atoms. The Balaban J connectivity index is 1.31. The van der Waals surface area contributed by atoms with Gasteiger partial charge in [-0.3, -0.25) is 4.79 Å². The van der Waals surface area contributed by atoms with E-state index < -0.39 is 15.9 Å². The van der Waals surface area contributed by atoms with E-state index in [2.05, 4.69) is 22.4 Å². The highest BCUT2D eigenvalue weighted by atomic mass is 35.5.